The zero-order valence-corrected chi connectivity index (χ0v) is 9.47. The molecule has 5 heteroatoms. The van der Waals surface area contributed by atoms with Gasteiger partial charge in [0.1, 0.15) is 0 Å². The highest BCUT2D eigenvalue weighted by Crippen LogP contribution is 2.45. The van der Waals surface area contributed by atoms with Crippen molar-refractivity contribution in [2.75, 3.05) is 14.2 Å². The molecule has 15 heavy (non-hydrogen) atoms. The number of halogens is 1. The molecule has 0 radical (unpaired) electrons. The summed E-state index contributed by atoms with van der Waals surface area (Å²) in [6.07, 6.45) is 1.74. The molecule has 1 saturated carbocycles. The lowest BCUT2D eigenvalue weighted by atomic mass is 9.83. The lowest BCUT2D eigenvalue weighted by Crippen LogP contribution is -2.40. The normalized spacial score (nSPS) is 21.4. The van der Waals surface area contributed by atoms with E-state index in [1.165, 1.54) is 19.8 Å². The number of hydrogen-bond acceptors (Lipinski definition) is 4. The summed E-state index contributed by atoms with van der Waals surface area (Å²) in [5.41, 5.74) is 0.536. The van der Waals surface area contributed by atoms with Gasteiger partial charge in [0.25, 0.3) is 0 Å². The van der Waals surface area contributed by atoms with Crippen molar-refractivity contribution in [3.63, 3.8) is 0 Å². The topological polar surface area (TPSA) is 52.6 Å². The SMILES string of the molecule is COC(=O)C1(C(=O)OC)CCC/C1=C/Cl. The minimum Gasteiger partial charge on any atom is -0.468 e. The summed E-state index contributed by atoms with van der Waals surface area (Å²) in [7, 11) is 2.49. The Morgan fingerprint density at radius 3 is 2.27 bits per heavy atom. The second-order valence-corrected chi connectivity index (χ2v) is 3.59. The molecule has 0 aromatic heterocycles. The monoisotopic (exact) mass is 232 g/mol. The molecule has 1 fully saturated rings. The van der Waals surface area contributed by atoms with Gasteiger partial charge in [-0.3, -0.25) is 9.59 Å². The van der Waals surface area contributed by atoms with Gasteiger partial charge in [-0.05, 0) is 24.8 Å². The van der Waals surface area contributed by atoms with Gasteiger partial charge in [-0.2, -0.15) is 0 Å². The lowest BCUT2D eigenvalue weighted by molar-refractivity contribution is -0.165. The zero-order valence-electron chi connectivity index (χ0n) is 8.71. The van der Waals surface area contributed by atoms with E-state index in [1.54, 1.807) is 0 Å². The van der Waals surface area contributed by atoms with Crippen LogP contribution in [0.4, 0.5) is 0 Å². The number of esters is 2. The Bertz CT molecular complexity index is 293. The van der Waals surface area contributed by atoms with Gasteiger partial charge in [-0.1, -0.05) is 11.6 Å². The molecule has 0 atom stereocenters. The Morgan fingerprint density at radius 1 is 1.33 bits per heavy atom. The molecule has 0 amide bonds. The summed E-state index contributed by atoms with van der Waals surface area (Å²) in [6.45, 7) is 0. The average Bonchev–Trinajstić information content (AvgIpc) is 2.71. The first kappa shape index (κ1) is 12.0. The number of methoxy groups -OCH3 is 2. The van der Waals surface area contributed by atoms with Crippen LogP contribution in [0.25, 0.3) is 0 Å². The van der Waals surface area contributed by atoms with Crippen molar-refractivity contribution in [1.82, 2.24) is 0 Å². The second-order valence-electron chi connectivity index (χ2n) is 3.38. The minimum absolute atomic E-state index is 0.394. The second kappa shape index (κ2) is 4.66. The van der Waals surface area contributed by atoms with Crippen molar-refractivity contribution >= 4 is 23.5 Å². The molecule has 0 spiro atoms. The molecule has 1 rings (SSSR count). The lowest BCUT2D eigenvalue weighted by Gasteiger charge is -2.24. The quantitative estimate of drug-likeness (QED) is 0.536. The highest BCUT2D eigenvalue weighted by molar-refractivity contribution is 6.26. The predicted molar refractivity (Wildman–Crippen MR) is 54.3 cm³/mol. The largest absolute Gasteiger partial charge is 0.468 e. The van der Waals surface area contributed by atoms with Crippen molar-refractivity contribution < 1.29 is 19.1 Å². The van der Waals surface area contributed by atoms with Crippen molar-refractivity contribution in [3.05, 3.63) is 11.1 Å². The summed E-state index contributed by atoms with van der Waals surface area (Å²) >= 11 is 5.62. The third-order valence-corrected chi connectivity index (χ3v) is 3.01. The first-order valence-electron chi connectivity index (χ1n) is 4.60. The highest BCUT2D eigenvalue weighted by atomic mass is 35.5. The summed E-state index contributed by atoms with van der Waals surface area (Å²) < 4.78 is 9.31. The Morgan fingerprint density at radius 2 is 1.87 bits per heavy atom. The van der Waals surface area contributed by atoms with Crippen LogP contribution in [0.3, 0.4) is 0 Å². The molecule has 0 N–H and O–H groups in total. The predicted octanol–water partition coefficient (Wildman–Crippen LogP) is 1.63. The van der Waals surface area contributed by atoms with Crippen LogP contribution in [-0.4, -0.2) is 26.2 Å². The van der Waals surface area contributed by atoms with Crippen LogP contribution in [0.5, 0.6) is 0 Å². The fourth-order valence-electron chi connectivity index (χ4n) is 1.96. The molecule has 0 unspecified atom stereocenters. The van der Waals surface area contributed by atoms with Crippen molar-refractivity contribution in [2.24, 2.45) is 5.41 Å². The van der Waals surface area contributed by atoms with Gasteiger partial charge in [0, 0.05) is 5.54 Å². The van der Waals surface area contributed by atoms with E-state index in [0.717, 1.165) is 6.42 Å². The number of hydrogen-bond donors (Lipinski definition) is 0. The molecule has 84 valence electrons. The molecule has 0 aliphatic heterocycles. The molecular formula is C10H13ClO4. The Hall–Kier alpha value is -1.03. The molecule has 1 aliphatic rings. The first-order chi connectivity index (χ1) is 7.13. The van der Waals surface area contributed by atoms with E-state index in [4.69, 9.17) is 11.6 Å². The Labute approximate surface area is 93.2 Å². The van der Waals surface area contributed by atoms with Gasteiger partial charge < -0.3 is 9.47 Å². The fraction of sp³-hybridized carbons (Fsp3) is 0.600. The minimum atomic E-state index is -1.31. The van der Waals surface area contributed by atoms with Gasteiger partial charge in [0.2, 0.25) is 0 Å². The third kappa shape index (κ3) is 1.74. The third-order valence-electron chi connectivity index (χ3n) is 2.75. The summed E-state index contributed by atoms with van der Waals surface area (Å²) in [5.74, 6) is -1.20. The maximum atomic E-state index is 11.7. The summed E-state index contributed by atoms with van der Waals surface area (Å²) in [4.78, 5) is 23.4. The van der Waals surface area contributed by atoms with E-state index >= 15 is 0 Å². The molecule has 0 aromatic rings. The molecule has 4 nitrogen and oxygen atoms in total. The van der Waals surface area contributed by atoms with Crippen LogP contribution in [0.15, 0.2) is 11.1 Å². The maximum absolute atomic E-state index is 11.7. The van der Waals surface area contributed by atoms with E-state index in [9.17, 15) is 9.59 Å². The van der Waals surface area contributed by atoms with Gasteiger partial charge in [0.05, 0.1) is 14.2 Å². The van der Waals surface area contributed by atoms with Gasteiger partial charge in [-0.15, -0.1) is 0 Å². The number of ether oxygens (including phenoxy) is 2. The number of carbonyl (C=O) groups is 2. The fourth-order valence-corrected chi connectivity index (χ4v) is 2.26. The van der Waals surface area contributed by atoms with Crippen molar-refractivity contribution in [3.8, 4) is 0 Å². The smallest absolute Gasteiger partial charge is 0.327 e. The number of rotatable bonds is 2. The standard InChI is InChI=1S/C10H13ClO4/c1-14-8(12)10(9(13)15-2)5-3-4-7(10)6-11/h6H,3-5H2,1-2H3/b7-6-. The van der Waals surface area contributed by atoms with E-state index in [1.807, 2.05) is 0 Å². The molecule has 0 saturated heterocycles. The van der Waals surface area contributed by atoms with Crippen molar-refractivity contribution in [1.29, 1.82) is 0 Å². The maximum Gasteiger partial charge on any atom is 0.327 e. The van der Waals surface area contributed by atoms with Crippen LogP contribution >= 0.6 is 11.6 Å². The highest BCUT2D eigenvalue weighted by Gasteiger charge is 2.53. The van der Waals surface area contributed by atoms with Crippen LogP contribution in [0.2, 0.25) is 0 Å². The molecule has 1 aliphatic carbocycles. The molecular weight excluding hydrogens is 220 g/mol. The van der Waals surface area contributed by atoms with Crippen molar-refractivity contribution in [2.45, 2.75) is 19.3 Å². The molecule has 0 bridgehead atoms. The average molecular weight is 233 g/mol. The molecule has 0 aromatic carbocycles. The van der Waals surface area contributed by atoms with E-state index in [2.05, 4.69) is 9.47 Å². The van der Waals surface area contributed by atoms with Gasteiger partial charge in [0.15, 0.2) is 5.41 Å². The van der Waals surface area contributed by atoms with Crippen LogP contribution in [0, 0.1) is 5.41 Å². The van der Waals surface area contributed by atoms with Crippen LogP contribution in [0.1, 0.15) is 19.3 Å². The zero-order chi connectivity index (χ0) is 11.5. The van der Waals surface area contributed by atoms with E-state index < -0.39 is 17.4 Å². The first-order valence-corrected chi connectivity index (χ1v) is 5.03. The Kier molecular flexibility index (Phi) is 3.74. The summed E-state index contributed by atoms with van der Waals surface area (Å²) in [5, 5.41) is 0. The van der Waals surface area contributed by atoms with E-state index in [-0.39, 0.29) is 0 Å². The number of carbonyl (C=O) groups excluding carboxylic acids is 2. The summed E-state index contributed by atoms with van der Waals surface area (Å²) in [6, 6.07) is 0. The molecule has 0 heterocycles. The van der Waals surface area contributed by atoms with Crippen LogP contribution < -0.4 is 0 Å². The van der Waals surface area contributed by atoms with Gasteiger partial charge >= 0.3 is 11.9 Å². The van der Waals surface area contributed by atoms with Gasteiger partial charge in [-0.25, -0.2) is 0 Å². The van der Waals surface area contributed by atoms with E-state index in [0.29, 0.717) is 18.4 Å². The Balaban J connectivity index is 3.17. The van der Waals surface area contributed by atoms with Crippen LogP contribution in [-0.2, 0) is 19.1 Å².